The predicted octanol–water partition coefficient (Wildman–Crippen LogP) is 1.58. The van der Waals surface area contributed by atoms with Gasteiger partial charge in [0.2, 0.25) is 0 Å². The zero-order valence-corrected chi connectivity index (χ0v) is 18.0. The molecule has 0 bridgehead atoms. The molecule has 0 spiro atoms. The first-order valence-electron chi connectivity index (χ1n) is 10.4. The molecule has 1 aliphatic heterocycles. The van der Waals surface area contributed by atoms with Gasteiger partial charge in [-0.25, -0.2) is 0 Å². The summed E-state index contributed by atoms with van der Waals surface area (Å²) in [7, 11) is 3.33. The number of ether oxygens (including phenoxy) is 3. The molecule has 0 unspecified atom stereocenters. The smallest absolute Gasteiger partial charge is 0.137 e. The number of anilines is 1. The molecule has 30 heavy (non-hydrogen) atoms. The third-order valence-corrected chi connectivity index (χ3v) is 5.50. The third-order valence-electron chi connectivity index (χ3n) is 5.50. The quantitative estimate of drug-likeness (QED) is 0.580. The number of nitrogens with zero attached hydrogens (tertiary/aromatic N) is 1. The Morgan fingerprint density at radius 3 is 2.37 bits per heavy atom. The van der Waals surface area contributed by atoms with E-state index in [1.807, 2.05) is 36.4 Å². The fourth-order valence-electron chi connectivity index (χ4n) is 3.80. The lowest BCUT2D eigenvalue weighted by molar-refractivity contribution is -0.903. The van der Waals surface area contributed by atoms with Crippen LogP contribution in [0.3, 0.4) is 0 Å². The van der Waals surface area contributed by atoms with Gasteiger partial charge in [-0.15, -0.1) is 6.58 Å². The molecule has 6 nitrogen and oxygen atoms in total. The van der Waals surface area contributed by atoms with E-state index in [2.05, 4.69) is 23.6 Å². The van der Waals surface area contributed by atoms with E-state index in [0.29, 0.717) is 13.0 Å². The third kappa shape index (κ3) is 5.90. The number of aliphatic hydroxyl groups is 1. The molecule has 2 aromatic rings. The van der Waals surface area contributed by atoms with Gasteiger partial charge in [0.15, 0.2) is 0 Å². The predicted molar refractivity (Wildman–Crippen MR) is 119 cm³/mol. The van der Waals surface area contributed by atoms with Gasteiger partial charge in [0, 0.05) is 11.3 Å². The molecule has 0 aliphatic carbocycles. The van der Waals surface area contributed by atoms with Crippen molar-refractivity contribution in [2.24, 2.45) is 0 Å². The SMILES string of the molecule is C=CCc1cc(OC)ccc1OC[C@H](O)C[NH+]1CCN(c2ccc(OC)cc2)CC1. The van der Waals surface area contributed by atoms with Crippen LogP contribution in [0.4, 0.5) is 5.69 Å². The second-order valence-corrected chi connectivity index (χ2v) is 7.57. The van der Waals surface area contributed by atoms with Crippen LogP contribution in [0.1, 0.15) is 5.56 Å². The normalized spacial score (nSPS) is 15.5. The van der Waals surface area contributed by atoms with Crippen LogP contribution in [0.2, 0.25) is 0 Å². The highest BCUT2D eigenvalue weighted by molar-refractivity contribution is 5.49. The maximum Gasteiger partial charge on any atom is 0.137 e. The Morgan fingerprint density at radius 1 is 1.07 bits per heavy atom. The van der Waals surface area contributed by atoms with Crippen molar-refractivity contribution in [3.63, 3.8) is 0 Å². The molecule has 1 fully saturated rings. The van der Waals surface area contributed by atoms with E-state index in [-0.39, 0.29) is 6.61 Å². The molecule has 1 atom stereocenters. The van der Waals surface area contributed by atoms with Gasteiger partial charge in [0.05, 0.1) is 40.4 Å². The number of quaternary nitrogens is 1. The lowest BCUT2D eigenvalue weighted by Crippen LogP contribution is -3.16. The largest absolute Gasteiger partial charge is 0.497 e. The molecule has 2 N–H and O–H groups in total. The molecular formula is C24H33N2O4+. The molecule has 3 rings (SSSR count). The molecule has 1 heterocycles. The molecule has 0 aromatic heterocycles. The van der Waals surface area contributed by atoms with Crippen molar-refractivity contribution < 1.29 is 24.2 Å². The number of hydrogen-bond acceptors (Lipinski definition) is 5. The highest BCUT2D eigenvalue weighted by Gasteiger charge is 2.23. The van der Waals surface area contributed by atoms with Gasteiger partial charge >= 0.3 is 0 Å². The van der Waals surface area contributed by atoms with Gasteiger partial charge in [-0.2, -0.15) is 0 Å². The summed E-state index contributed by atoms with van der Waals surface area (Å²) in [4.78, 5) is 3.78. The molecule has 162 valence electrons. The zero-order chi connectivity index (χ0) is 21.3. The number of rotatable bonds is 10. The maximum atomic E-state index is 10.5. The second-order valence-electron chi connectivity index (χ2n) is 7.57. The average Bonchev–Trinajstić information content (AvgIpc) is 2.79. The van der Waals surface area contributed by atoms with Crippen LogP contribution in [-0.4, -0.2) is 64.8 Å². The van der Waals surface area contributed by atoms with E-state index in [9.17, 15) is 5.11 Å². The minimum absolute atomic E-state index is 0.280. The van der Waals surface area contributed by atoms with Gasteiger partial charge < -0.3 is 29.1 Å². The summed E-state index contributed by atoms with van der Waals surface area (Å²) < 4.78 is 16.4. The molecular weight excluding hydrogens is 380 g/mol. The Labute approximate surface area is 179 Å². The summed E-state index contributed by atoms with van der Waals surface area (Å²) in [5, 5.41) is 10.5. The number of aliphatic hydroxyl groups excluding tert-OH is 1. The molecule has 1 aliphatic rings. The molecule has 6 heteroatoms. The van der Waals surface area contributed by atoms with Gasteiger partial charge in [0.1, 0.15) is 36.5 Å². The minimum Gasteiger partial charge on any atom is -0.497 e. The summed E-state index contributed by atoms with van der Waals surface area (Å²) in [6.07, 6.45) is 2.03. The number of methoxy groups -OCH3 is 2. The van der Waals surface area contributed by atoms with E-state index in [1.54, 1.807) is 14.2 Å². The highest BCUT2D eigenvalue weighted by atomic mass is 16.5. The minimum atomic E-state index is -0.508. The first kappa shape index (κ1) is 22.0. The first-order chi connectivity index (χ1) is 14.6. The van der Waals surface area contributed by atoms with E-state index < -0.39 is 6.10 Å². The summed E-state index contributed by atoms with van der Waals surface area (Å²) in [5.74, 6) is 2.44. The van der Waals surface area contributed by atoms with Crippen LogP contribution in [0.25, 0.3) is 0 Å². The first-order valence-corrected chi connectivity index (χ1v) is 10.4. The number of allylic oxidation sites excluding steroid dienone is 1. The Morgan fingerprint density at radius 2 is 1.73 bits per heavy atom. The topological polar surface area (TPSA) is 55.6 Å². The van der Waals surface area contributed by atoms with E-state index >= 15 is 0 Å². The van der Waals surface area contributed by atoms with Gasteiger partial charge in [-0.1, -0.05) is 6.08 Å². The molecule has 0 amide bonds. The van der Waals surface area contributed by atoms with E-state index in [0.717, 1.165) is 49.0 Å². The van der Waals surface area contributed by atoms with Crippen molar-refractivity contribution in [1.29, 1.82) is 0 Å². The van der Waals surface area contributed by atoms with Crippen molar-refractivity contribution in [3.05, 3.63) is 60.7 Å². The Hall–Kier alpha value is -2.70. The lowest BCUT2D eigenvalue weighted by atomic mass is 10.1. The van der Waals surface area contributed by atoms with Crippen molar-refractivity contribution in [2.45, 2.75) is 12.5 Å². The van der Waals surface area contributed by atoms with Crippen LogP contribution in [0.15, 0.2) is 55.1 Å². The van der Waals surface area contributed by atoms with Crippen LogP contribution in [-0.2, 0) is 6.42 Å². The van der Waals surface area contributed by atoms with Gasteiger partial charge in [0.25, 0.3) is 0 Å². The van der Waals surface area contributed by atoms with Crippen LogP contribution in [0, 0.1) is 0 Å². The van der Waals surface area contributed by atoms with Crippen LogP contribution >= 0.6 is 0 Å². The van der Waals surface area contributed by atoms with Crippen LogP contribution in [0.5, 0.6) is 17.2 Å². The van der Waals surface area contributed by atoms with Crippen molar-refractivity contribution in [2.75, 3.05) is 58.5 Å². The van der Waals surface area contributed by atoms with Gasteiger partial charge in [-0.3, -0.25) is 0 Å². The monoisotopic (exact) mass is 413 g/mol. The average molecular weight is 414 g/mol. The van der Waals surface area contributed by atoms with Crippen molar-refractivity contribution in [3.8, 4) is 17.2 Å². The number of benzene rings is 2. The Bertz CT molecular complexity index is 801. The van der Waals surface area contributed by atoms with Crippen LogP contribution < -0.4 is 24.0 Å². The molecule has 1 saturated heterocycles. The molecule has 0 saturated carbocycles. The zero-order valence-electron chi connectivity index (χ0n) is 18.0. The Kier molecular flexibility index (Phi) is 7.99. The molecule has 0 radical (unpaired) electrons. The fraction of sp³-hybridized carbons (Fsp3) is 0.417. The number of piperazine rings is 1. The standard InChI is InChI=1S/C24H32N2O4/c1-4-5-19-16-23(29-3)10-11-24(19)30-18-21(27)17-25-12-14-26(15-13-25)20-6-8-22(28-2)9-7-20/h4,6-11,16,21,27H,1,5,12-15,17-18H2,2-3H3/p+1/t21-/m1/s1. The van der Waals surface area contributed by atoms with Crippen molar-refractivity contribution >= 4 is 5.69 Å². The van der Waals surface area contributed by atoms with E-state index in [1.165, 1.54) is 10.6 Å². The fourth-order valence-corrected chi connectivity index (χ4v) is 3.80. The summed E-state index contributed by atoms with van der Waals surface area (Å²) in [6.45, 7) is 8.69. The second kappa shape index (κ2) is 10.9. The van der Waals surface area contributed by atoms with E-state index in [4.69, 9.17) is 14.2 Å². The summed E-state index contributed by atoms with van der Waals surface area (Å²) in [6, 6.07) is 13.9. The molecule has 2 aromatic carbocycles. The summed E-state index contributed by atoms with van der Waals surface area (Å²) >= 11 is 0. The Balaban J connectivity index is 1.46. The lowest BCUT2D eigenvalue weighted by Gasteiger charge is -2.34. The highest BCUT2D eigenvalue weighted by Crippen LogP contribution is 2.25. The van der Waals surface area contributed by atoms with Crippen molar-refractivity contribution in [1.82, 2.24) is 0 Å². The number of hydrogen-bond donors (Lipinski definition) is 2. The number of nitrogens with one attached hydrogen (secondary N) is 1. The maximum absolute atomic E-state index is 10.5. The van der Waals surface area contributed by atoms with Gasteiger partial charge in [-0.05, 0) is 48.9 Å². The summed E-state index contributed by atoms with van der Waals surface area (Å²) in [5.41, 5.74) is 2.23.